The summed E-state index contributed by atoms with van der Waals surface area (Å²) in [4.78, 5) is 12.9. The monoisotopic (exact) mass is 320 g/mol. The summed E-state index contributed by atoms with van der Waals surface area (Å²) in [6.07, 6.45) is 1.90. The Hall–Kier alpha value is -1.51. The lowest BCUT2D eigenvalue weighted by Crippen LogP contribution is -2.46. The molecule has 0 aliphatic rings. The highest BCUT2D eigenvalue weighted by atomic mass is 16.5. The lowest BCUT2D eigenvalue weighted by atomic mass is 9.58. The fourth-order valence-electron chi connectivity index (χ4n) is 3.25. The van der Waals surface area contributed by atoms with Crippen molar-refractivity contribution in [2.45, 2.75) is 60.3 Å². The number of carbonyl (C=O) groups excluding carboxylic acids is 1. The molecule has 1 rings (SSSR count). The van der Waals surface area contributed by atoms with Gasteiger partial charge in [0.15, 0.2) is 0 Å². The molecule has 0 saturated carbocycles. The number of benzene rings is 1. The van der Waals surface area contributed by atoms with Crippen molar-refractivity contribution in [3.8, 4) is 5.75 Å². The third-order valence-electron chi connectivity index (χ3n) is 5.05. The van der Waals surface area contributed by atoms with Crippen molar-refractivity contribution in [2.75, 3.05) is 13.7 Å². The van der Waals surface area contributed by atoms with Crippen molar-refractivity contribution >= 4 is 5.97 Å². The van der Waals surface area contributed by atoms with Crippen LogP contribution in [0.2, 0.25) is 0 Å². The molecular formula is C20H32O3. The molecule has 0 bridgehead atoms. The van der Waals surface area contributed by atoms with Crippen LogP contribution in [0, 0.1) is 10.8 Å². The van der Waals surface area contributed by atoms with E-state index in [0.29, 0.717) is 6.61 Å². The Bertz CT molecular complexity index is 516. The minimum Gasteiger partial charge on any atom is -0.496 e. The predicted octanol–water partition coefficient (Wildman–Crippen LogP) is 5.19. The average molecular weight is 320 g/mol. The number of methoxy groups -OCH3 is 1. The highest BCUT2D eigenvalue weighted by molar-refractivity contribution is 5.79. The predicted molar refractivity (Wildman–Crippen MR) is 94.8 cm³/mol. The SMILES string of the molecule is CCCC(c1ccccc1OC)C(C)(C(=O)OCC)C(C)(C)C. The molecule has 2 unspecified atom stereocenters. The van der Waals surface area contributed by atoms with Gasteiger partial charge < -0.3 is 9.47 Å². The van der Waals surface area contributed by atoms with Gasteiger partial charge in [-0.2, -0.15) is 0 Å². The Morgan fingerprint density at radius 2 is 1.74 bits per heavy atom. The van der Waals surface area contributed by atoms with Crippen molar-refractivity contribution in [1.82, 2.24) is 0 Å². The van der Waals surface area contributed by atoms with Gasteiger partial charge in [0.25, 0.3) is 0 Å². The van der Waals surface area contributed by atoms with Gasteiger partial charge in [0.2, 0.25) is 0 Å². The van der Waals surface area contributed by atoms with Gasteiger partial charge in [-0.3, -0.25) is 4.79 Å². The molecular weight excluding hydrogens is 288 g/mol. The van der Waals surface area contributed by atoms with E-state index in [2.05, 4.69) is 33.8 Å². The molecule has 3 nitrogen and oxygen atoms in total. The summed E-state index contributed by atoms with van der Waals surface area (Å²) in [7, 11) is 1.68. The van der Waals surface area contributed by atoms with Crippen LogP contribution in [0.4, 0.5) is 0 Å². The zero-order chi connectivity index (χ0) is 17.7. The summed E-state index contributed by atoms with van der Waals surface area (Å²) in [6, 6.07) is 8.01. The highest BCUT2D eigenvalue weighted by Crippen LogP contribution is 2.53. The van der Waals surface area contributed by atoms with E-state index >= 15 is 0 Å². The molecule has 2 atom stereocenters. The fourth-order valence-corrected chi connectivity index (χ4v) is 3.25. The first-order valence-electron chi connectivity index (χ1n) is 8.54. The Balaban J connectivity index is 3.51. The van der Waals surface area contributed by atoms with E-state index in [-0.39, 0.29) is 17.3 Å². The van der Waals surface area contributed by atoms with Gasteiger partial charge in [-0.25, -0.2) is 0 Å². The van der Waals surface area contributed by atoms with E-state index in [4.69, 9.17) is 9.47 Å². The molecule has 0 radical (unpaired) electrons. The average Bonchev–Trinajstić information content (AvgIpc) is 2.51. The van der Waals surface area contributed by atoms with Crippen LogP contribution in [-0.2, 0) is 9.53 Å². The molecule has 23 heavy (non-hydrogen) atoms. The fraction of sp³-hybridized carbons (Fsp3) is 0.650. The number of carbonyl (C=O) groups is 1. The van der Waals surface area contributed by atoms with Crippen LogP contribution < -0.4 is 4.74 Å². The Morgan fingerprint density at radius 3 is 2.22 bits per heavy atom. The number of hydrogen-bond donors (Lipinski definition) is 0. The van der Waals surface area contributed by atoms with Gasteiger partial charge in [-0.05, 0) is 37.3 Å². The van der Waals surface area contributed by atoms with E-state index in [1.807, 2.05) is 32.0 Å². The minimum absolute atomic E-state index is 0.0442. The molecule has 1 aromatic carbocycles. The van der Waals surface area contributed by atoms with Gasteiger partial charge in [0, 0.05) is 5.92 Å². The van der Waals surface area contributed by atoms with E-state index in [0.717, 1.165) is 24.2 Å². The van der Waals surface area contributed by atoms with E-state index < -0.39 is 5.41 Å². The van der Waals surface area contributed by atoms with Crippen LogP contribution in [0.25, 0.3) is 0 Å². The number of ether oxygens (including phenoxy) is 2. The molecule has 130 valence electrons. The second-order valence-electron chi connectivity index (χ2n) is 7.26. The maximum Gasteiger partial charge on any atom is 0.312 e. The molecule has 0 heterocycles. The van der Waals surface area contributed by atoms with Gasteiger partial charge in [0.05, 0.1) is 19.1 Å². The first-order valence-corrected chi connectivity index (χ1v) is 8.54. The van der Waals surface area contributed by atoms with Gasteiger partial charge in [-0.1, -0.05) is 52.3 Å². The van der Waals surface area contributed by atoms with Crippen LogP contribution in [-0.4, -0.2) is 19.7 Å². The van der Waals surface area contributed by atoms with Gasteiger partial charge in [-0.15, -0.1) is 0 Å². The minimum atomic E-state index is -0.631. The molecule has 0 spiro atoms. The van der Waals surface area contributed by atoms with Crippen molar-refractivity contribution in [3.05, 3.63) is 29.8 Å². The van der Waals surface area contributed by atoms with E-state index in [1.54, 1.807) is 7.11 Å². The van der Waals surface area contributed by atoms with Gasteiger partial charge in [0.1, 0.15) is 5.75 Å². The first kappa shape index (κ1) is 19.5. The molecule has 0 N–H and O–H groups in total. The van der Waals surface area contributed by atoms with Crippen LogP contribution in [0.3, 0.4) is 0 Å². The molecule has 3 heteroatoms. The zero-order valence-electron chi connectivity index (χ0n) is 15.7. The lowest BCUT2D eigenvalue weighted by molar-refractivity contribution is -0.164. The largest absolute Gasteiger partial charge is 0.496 e. The molecule has 1 aromatic rings. The summed E-state index contributed by atoms with van der Waals surface area (Å²) in [5.41, 5.74) is 0.218. The standard InChI is InChI=1S/C20H32O3/c1-8-12-16(15-13-10-11-14-17(15)22-7)20(6,19(3,4)5)18(21)23-9-2/h10-11,13-14,16H,8-9,12H2,1-7H3. The van der Waals surface area contributed by atoms with Crippen LogP contribution in [0.5, 0.6) is 5.75 Å². The normalized spacial score (nSPS) is 15.6. The molecule has 0 aromatic heterocycles. The van der Waals surface area contributed by atoms with Gasteiger partial charge >= 0.3 is 5.97 Å². The number of para-hydroxylation sites is 1. The molecule has 0 aliphatic heterocycles. The molecule has 0 saturated heterocycles. The second-order valence-corrected chi connectivity index (χ2v) is 7.26. The number of esters is 1. The topological polar surface area (TPSA) is 35.5 Å². The second kappa shape index (κ2) is 7.85. The van der Waals surface area contributed by atoms with Crippen LogP contribution >= 0.6 is 0 Å². The quantitative estimate of drug-likeness (QED) is 0.648. The molecule has 0 aliphatic carbocycles. The summed E-state index contributed by atoms with van der Waals surface area (Å²) in [5.74, 6) is 0.755. The summed E-state index contributed by atoms with van der Waals surface area (Å²) in [6.45, 7) is 12.8. The highest BCUT2D eigenvalue weighted by Gasteiger charge is 2.52. The summed E-state index contributed by atoms with van der Waals surface area (Å²) in [5, 5.41) is 0. The summed E-state index contributed by atoms with van der Waals surface area (Å²) >= 11 is 0. The maximum absolute atomic E-state index is 12.9. The third kappa shape index (κ3) is 3.88. The Morgan fingerprint density at radius 1 is 1.13 bits per heavy atom. The molecule has 0 fully saturated rings. The summed E-state index contributed by atoms with van der Waals surface area (Å²) < 4.78 is 11.0. The lowest BCUT2D eigenvalue weighted by Gasteiger charge is -2.45. The van der Waals surface area contributed by atoms with E-state index in [1.165, 1.54) is 0 Å². The molecule has 0 amide bonds. The Kier molecular flexibility index (Phi) is 6.67. The van der Waals surface area contributed by atoms with E-state index in [9.17, 15) is 4.79 Å². The van der Waals surface area contributed by atoms with Crippen molar-refractivity contribution in [2.24, 2.45) is 10.8 Å². The zero-order valence-corrected chi connectivity index (χ0v) is 15.7. The van der Waals surface area contributed by atoms with Crippen LogP contribution in [0.1, 0.15) is 65.9 Å². The number of hydrogen-bond acceptors (Lipinski definition) is 3. The number of rotatable bonds is 7. The smallest absolute Gasteiger partial charge is 0.312 e. The maximum atomic E-state index is 12.9. The van der Waals surface area contributed by atoms with Crippen LogP contribution in [0.15, 0.2) is 24.3 Å². The Labute approximate surface area is 141 Å². The first-order chi connectivity index (χ1) is 10.7. The van der Waals surface area contributed by atoms with Crippen molar-refractivity contribution in [1.29, 1.82) is 0 Å². The third-order valence-corrected chi connectivity index (χ3v) is 5.05. The van der Waals surface area contributed by atoms with Crippen molar-refractivity contribution in [3.63, 3.8) is 0 Å². The van der Waals surface area contributed by atoms with Crippen molar-refractivity contribution < 1.29 is 14.3 Å².